The van der Waals surface area contributed by atoms with Gasteiger partial charge in [-0.1, -0.05) is 36.5 Å². The first-order chi connectivity index (χ1) is 13.8. The van der Waals surface area contributed by atoms with Gasteiger partial charge in [-0.2, -0.15) is 43.8 Å². The van der Waals surface area contributed by atoms with Crippen molar-refractivity contribution in [2.24, 2.45) is 0 Å². The lowest BCUT2D eigenvalue weighted by molar-refractivity contribution is -0.351. The molecule has 0 heterocycles. The lowest BCUT2D eigenvalue weighted by atomic mass is 9.87. The summed E-state index contributed by atoms with van der Waals surface area (Å²) in [6.45, 7) is 0. The van der Waals surface area contributed by atoms with Crippen molar-refractivity contribution in [1.82, 2.24) is 4.31 Å². The lowest BCUT2D eigenvalue weighted by Crippen LogP contribution is -2.58. The number of hydrogen-bond acceptors (Lipinski definition) is 3. The maximum Gasteiger partial charge on any atom is 0.430 e. The van der Waals surface area contributed by atoms with Crippen LogP contribution in [0.2, 0.25) is 0 Å². The van der Waals surface area contributed by atoms with Crippen LogP contribution < -0.4 is 0 Å². The zero-order valence-corrected chi connectivity index (χ0v) is 16.4. The monoisotopic (exact) mass is 485 g/mol. The Bertz CT molecular complexity index is 910. The second-order valence-corrected chi connectivity index (χ2v) is 9.09. The molecule has 4 nitrogen and oxygen atoms in total. The maximum atomic E-state index is 12.9. The highest BCUT2D eigenvalue weighted by Crippen LogP contribution is 2.48. The quantitative estimate of drug-likeness (QED) is 0.609. The van der Waals surface area contributed by atoms with Crippen molar-refractivity contribution < 1.29 is 53.0 Å². The molecule has 1 N–H and O–H groups in total. The van der Waals surface area contributed by atoms with Crippen LogP contribution >= 0.6 is 0 Å². The molecule has 0 aromatic rings. The third-order valence-electron chi connectivity index (χ3n) is 4.95. The van der Waals surface area contributed by atoms with Gasteiger partial charge >= 0.3 is 18.5 Å². The Hall–Kier alpha value is -1.80. The number of hydrogen-bond donors (Lipinski definition) is 1. The normalized spacial score (nSPS) is 23.7. The Kier molecular flexibility index (Phi) is 6.54. The first kappa shape index (κ1) is 25.5. The van der Waals surface area contributed by atoms with Crippen molar-refractivity contribution in [3.63, 3.8) is 0 Å². The van der Waals surface area contributed by atoms with E-state index in [1.807, 2.05) is 0 Å². The second-order valence-electron chi connectivity index (χ2n) is 6.88. The van der Waals surface area contributed by atoms with Gasteiger partial charge < -0.3 is 5.11 Å². The molecule has 0 spiro atoms. The van der Waals surface area contributed by atoms with Gasteiger partial charge in [-0.3, -0.25) is 0 Å². The van der Waals surface area contributed by atoms with Crippen molar-refractivity contribution >= 4 is 10.0 Å². The predicted molar refractivity (Wildman–Crippen MR) is 91.1 cm³/mol. The maximum absolute atomic E-state index is 12.9. The summed E-state index contributed by atoms with van der Waals surface area (Å²) in [6.07, 6.45) is -14.4. The molecule has 0 aromatic carbocycles. The Morgan fingerprint density at radius 3 is 1.71 bits per heavy atom. The van der Waals surface area contributed by atoms with E-state index in [1.54, 1.807) is 0 Å². The molecule has 2 unspecified atom stereocenters. The van der Waals surface area contributed by atoms with Crippen molar-refractivity contribution in [3.8, 4) is 0 Å². The number of halogens is 9. The summed E-state index contributed by atoms with van der Waals surface area (Å²) < 4.78 is 142. The van der Waals surface area contributed by atoms with Crippen LogP contribution in [0.4, 0.5) is 39.5 Å². The lowest BCUT2D eigenvalue weighted by Gasteiger charge is -2.36. The number of allylic oxidation sites excluding steroid dienone is 3. The van der Waals surface area contributed by atoms with Gasteiger partial charge in [0.2, 0.25) is 10.0 Å². The average molecular weight is 485 g/mol. The molecule has 0 saturated carbocycles. The fraction of sp³-hybridized carbons (Fsp3) is 0.529. The summed E-state index contributed by atoms with van der Waals surface area (Å²) in [5.74, 6) is 0. The number of alkyl halides is 9. The van der Waals surface area contributed by atoms with Gasteiger partial charge in [-0.05, 0) is 18.4 Å². The van der Waals surface area contributed by atoms with Crippen molar-refractivity contribution in [3.05, 3.63) is 47.6 Å². The largest absolute Gasteiger partial charge is 0.430 e. The predicted octanol–water partition coefficient (Wildman–Crippen LogP) is 4.18. The molecule has 0 aromatic heterocycles. The highest BCUT2D eigenvalue weighted by atomic mass is 32.2. The van der Waals surface area contributed by atoms with Crippen LogP contribution in [0.1, 0.15) is 12.8 Å². The number of aliphatic hydroxyl groups is 1. The van der Waals surface area contributed by atoms with Gasteiger partial charge in [0.15, 0.2) is 0 Å². The summed E-state index contributed by atoms with van der Waals surface area (Å²) in [5, 5.41) is 7.98. The molecule has 0 radical (unpaired) electrons. The Morgan fingerprint density at radius 1 is 0.871 bits per heavy atom. The number of nitrogens with zero attached hydrogens (tertiary/aromatic N) is 1. The van der Waals surface area contributed by atoms with Crippen molar-refractivity contribution in [2.75, 3.05) is 7.05 Å². The highest BCUT2D eigenvalue weighted by Gasteiger charge is 2.72. The Morgan fingerprint density at radius 2 is 1.35 bits per heavy atom. The van der Waals surface area contributed by atoms with Gasteiger partial charge in [0, 0.05) is 13.1 Å². The average Bonchev–Trinajstić information content (AvgIpc) is 2.64. The third-order valence-corrected chi connectivity index (χ3v) is 7.14. The fourth-order valence-electron chi connectivity index (χ4n) is 3.07. The second kappa shape index (κ2) is 7.96. The van der Waals surface area contributed by atoms with Crippen LogP contribution in [0.5, 0.6) is 0 Å². The summed E-state index contributed by atoms with van der Waals surface area (Å²) in [5.41, 5.74) is -7.68. The van der Waals surface area contributed by atoms with E-state index in [0.29, 0.717) is 28.6 Å². The van der Waals surface area contributed by atoms with Crippen LogP contribution in [0.25, 0.3) is 0 Å². The third kappa shape index (κ3) is 4.70. The summed E-state index contributed by atoms with van der Waals surface area (Å²) in [6, 6.07) is -1.21. The molecule has 0 amide bonds. The van der Waals surface area contributed by atoms with E-state index in [0.717, 1.165) is 19.2 Å². The van der Waals surface area contributed by atoms with E-state index in [-0.39, 0.29) is 0 Å². The van der Waals surface area contributed by atoms with Gasteiger partial charge in [0.1, 0.15) is 0 Å². The first-order valence-corrected chi connectivity index (χ1v) is 10.0. The van der Waals surface area contributed by atoms with E-state index in [9.17, 15) is 53.0 Å². The standard InChI is InChI=1S/C17H16F9NO3S/c1-27(31(29,30)13-8-4-11(5-9-13)15(18,19)20)12-6-2-10(3-7-12)14(28,16(21,22)23)17(24,25)26/h2-6,8,12-13,28H,7,9H2,1H3. The molecule has 2 aliphatic rings. The summed E-state index contributed by atoms with van der Waals surface area (Å²) in [4.78, 5) is 0. The topological polar surface area (TPSA) is 57.6 Å². The van der Waals surface area contributed by atoms with E-state index in [1.165, 1.54) is 0 Å². The van der Waals surface area contributed by atoms with E-state index in [4.69, 9.17) is 0 Å². The smallest absolute Gasteiger partial charge is 0.370 e. The first-order valence-electron chi connectivity index (χ1n) is 8.50. The van der Waals surface area contributed by atoms with Crippen LogP contribution in [-0.2, 0) is 10.0 Å². The highest BCUT2D eigenvalue weighted by molar-refractivity contribution is 7.89. The SMILES string of the molecule is CN(C1C=CC(C(O)(C(F)(F)F)C(F)(F)F)=CC1)S(=O)(=O)C1C=CC(C(F)(F)F)=CC1. The minimum Gasteiger partial charge on any atom is -0.370 e. The van der Waals surface area contributed by atoms with Crippen LogP contribution in [0.15, 0.2) is 47.6 Å². The molecule has 0 fully saturated rings. The molecule has 14 heteroatoms. The molecule has 2 aliphatic carbocycles. The minimum atomic E-state index is -6.08. The fourth-order valence-corrected chi connectivity index (χ4v) is 4.65. The van der Waals surface area contributed by atoms with Crippen molar-refractivity contribution in [1.29, 1.82) is 0 Å². The molecular formula is C17H16F9NO3S. The van der Waals surface area contributed by atoms with E-state index >= 15 is 0 Å². The number of rotatable bonds is 4. The Labute approximate surface area is 171 Å². The number of sulfonamides is 1. The molecular weight excluding hydrogens is 469 g/mol. The van der Waals surface area contributed by atoms with Gasteiger partial charge in [0.25, 0.3) is 5.60 Å². The number of likely N-dealkylation sites (N-methyl/N-ethyl adjacent to an activating group) is 1. The van der Waals surface area contributed by atoms with E-state index < -0.39 is 69.4 Å². The molecule has 0 bridgehead atoms. The summed E-state index contributed by atoms with van der Waals surface area (Å²) >= 11 is 0. The van der Waals surface area contributed by atoms with Crippen LogP contribution in [0, 0.1) is 0 Å². The summed E-state index contributed by atoms with van der Waals surface area (Å²) in [7, 11) is -3.29. The van der Waals surface area contributed by atoms with E-state index in [2.05, 4.69) is 0 Å². The van der Waals surface area contributed by atoms with Gasteiger partial charge in [0.05, 0.1) is 10.8 Å². The van der Waals surface area contributed by atoms with Crippen molar-refractivity contribution in [2.45, 2.75) is 48.3 Å². The zero-order valence-electron chi connectivity index (χ0n) is 15.6. The minimum absolute atomic E-state index is 0.333. The van der Waals surface area contributed by atoms with Gasteiger partial charge in [-0.15, -0.1) is 0 Å². The Balaban J connectivity index is 2.21. The van der Waals surface area contributed by atoms with Gasteiger partial charge in [-0.25, -0.2) is 8.42 Å². The zero-order chi connectivity index (χ0) is 24.0. The van der Waals surface area contributed by atoms with Crippen LogP contribution in [-0.4, -0.2) is 60.3 Å². The molecule has 2 rings (SSSR count). The molecule has 31 heavy (non-hydrogen) atoms. The molecule has 0 aliphatic heterocycles. The van der Waals surface area contributed by atoms with Crippen LogP contribution in [0.3, 0.4) is 0 Å². The molecule has 176 valence electrons. The molecule has 0 saturated heterocycles. The molecule has 2 atom stereocenters.